The van der Waals surface area contributed by atoms with Crippen LogP contribution < -0.4 is 0 Å². The van der Waals surface area contributed by atoms with E-state index in [2.05, 4.69) is 20.8 Å². The molecule has 0 heterocycles. The van der Waals surface area contributed by atoms with E-state index in [-0.39, 0.29) is 11.8 Å². The lowest BCUT2D eigenvalue weighted by atomic mass is 9.96. The molecule has 0 aliphatic heterocycles. The van der Waals surface area contributed by atoms with Gasteiger partial charge in [-0.3, -0.25) is 14.5 Å². The average molecular weight is 619 g/mol. The van der Waals surface area contributed by atoms with Crippen molar-refractivity contribution in [3.05, 3.63) is 6.92 Å². The van der Waals surface area contributed by atoms with E-state index >= 15 is 0 Å². The van der Waals surface area contributed by atoms with Gasteiger partial charge in [-0.2, -0.15) is 0 Å². The fraction of sp³-hybridized carbons (Fsp3) is 0.927. The molecule has 0 fully saturated rings. The number of rotatable bonds is 34. The second-order valence-electron chi connectivity index (χ2n) is 14.6. The summed E-state index contributed by atoms with van der Waals surface area (Å²) in [4.78, 5) is 27.9. The highest BCUT2D eigenvalue weighted by Gasteiger charge is 2.33. The molecule has 0 saturated carbocycles. The van der Waals surface area contributed by atoms with E-state index in [1.165, 1.54) is 167 Å². The molecule has 0 saturated heterocycles. The predicted molar refractivity (Wildman–Crippen MR) is 195 cm³/mol. The summed E-state index contributed by atoms with van der Waals surface area (Å²) in [6.07, 6.45) is 41.1. The smallest absolute Gasteiger partial charge is 0.229 e. The standard InChI is InChI=1S/C41H80NO2/c1-6-9-11-13-15-17-19-21-23-25-27-29-31-33-35-37-39(43)42(41(4,5)8-3)40(44)38-36-34-32-30-28-26-24-22-20-18-16-14-12-10-7-2/h3,6-38H2,1-2,4-5H3. The van der Waals surface area contributed by atoms with E-state index in [1.54, 1.807) is 4.90 Å². The fourth-order valence-corrected chi connectivity index (χ4v) is 6.44. The number of carbonyl (C=O) groups is 2. The molecule has 0 spiro atoms. The van der Waals surface area contributed by atoms with Crippen LogP contribution in [-0.2, 0) is 9.59 Å². The van der Waals surface area contributed by atoms with Gasteiger partial charge < -0.3 is 0 Å². The van der Waals surface area contributed by atoms with E-state index in [9.17, 15) is 9.59 Å². The highest BCUT2D eigenvalue weighted by Crippen LogP contribution is 2.23. The zero-order chi connectivity index (χ0) is 32.6. The quantitative estimate of drug-likeness (QED) is 0.0673. The van der Waals surface area contributed by atoms with Gasteiger partial charge in [0, 0.05) is 18.4 Å². The van der Waals surface area contributed by atoms with Gasteiger partial charge in [0.2, 0.25) is 11.8 Å². The Hall–Kier alpha value is -0.860. The molecule has 0 rings (SSSR count). The van der Waals surface area contributed by atoms with Gasteiger partial charge in [-0.25, -0.2) is 0 Å². The fourth-order valence-electron chi connectivity index (χ4n) is 6.44. The molecule has 0 N–H and O–H groups in total. The lowest BCUT2D eigenvalue weighted by molar-refractivity contribution is -0.151. The lowest BCUT2D eigenvalue weighted by Crippen LogP contribution is -2.50. The van der Waals surface area contributed by atoms with Gasteiger partial charge in [0.25, 0.3) is 0 Å². The van der Waals surface area contributed by atoms with Crippen molar-refractivity contribution in [1.29, 1.82) is 0 Å². The second-order valence-corrected chi connectivity index (χ2v) is 14.6. The van der Waals surface area contributed by atoms with Crippen molar-refractivity contribution < 1.29 is 9.59 Å². The van der Waals surface area contributed by atoms with Gasteiger partial charge >= 0.3 is 0 Å². The first-order valence-electron chi connectivity index (χ1n) is 20.1. The van der Waals surface area contributed by atoms with Gasteiger partial charge in [0.1, 0.15) is 0 Å². The third-order valence-corrected chi connectivity index (χ3v) is 9.70. The third-order valence-electron chi connectivity index (χ3n) is 9.70. The topological polar surface area (TPSA) is 37.4 Å². The highest BCUT2D eigenvalue weighted by atomic mass is 16.2. The Bertz CT molecular complexity index is 582. The molecule has 0 aliphatic carbocycles. The van der Waals surface area contributed by atoms with Crippen LogP contribution in [0.15, 0.2) is 0 Å². The molecule has 0 unspecified atom stereocenters. The number of unbranched alkanes of at least 4 members (excludes halogenated alkanes) is 28. The first kappa shape index (κ1) is 43.1. The van der Waals surface area contributed by atoms with Gasteiger partial charge in [0.15, 0.2) is 0 Å². The molecule has 0 atom stereocenters. The molecule has 2 amide bonds. The van der Waals surface area contributed by atoms with E-state index in [0.29, 0.717) is 19.3 Å². The van der Waals surface area contributed by atoms with Crippen LogP contribution in [0, 0.1) is 6.92 Å². The summed E-state index contributed by atoms with van der Waals surface area (Å²) in [7, 11) is 0. The number of hydrogen-bond donors (Lipinski definition) is 0. The van der Waals surface area contributed by atoms with Crippen LogP contribution >= 0.6 is 0 Å². The maximum absolute atomic E-state index is 13.2. The Kier molecular flexibility index (Phi) is 31.5. The Labute approximate surface area is 277 Å². The average Bonchev–Trinajstić information content (AvgIpc) is 3.01. The van der Waals surface area contributed by atoms with Gasteiger partial charge in [-0.05, 0) is 33.1 Å². The predicted octanol–water partition coefficient (Wildman–Crippen LogP) is 13.9. The van der Waals surface area contributed by atoms with Crippen LogP contribution in [0.25, 0.3) is 0 Å². The summed E-state index contributed by atoms with van der Waals surface area (Å²) in [6.45, 7) is 12.6. The van der Waals surface area contributed by atoms with Crippen molar-refractivity contribution in [2.75, 3.05) is 0 Å². The Morgan fingerprint density at radius 2 is 0.614 bits per heavy atom. The largest absolute Gasteiger partial charge is 0.277 e. The number of amides is 2. The van der Waals surface area contributed by atoms with Crippen molar-refractivity contribution in [1.82, 2.24) is 4.90 Å². The summed E-state index contributed by atoms with van der Waals surface area (Å²) in [5, 5.41) is 0. The van der Waals surface area contributed by atoms with E-state index in [1.807, 2.05) is 13.8 Å². The number of imide groups is 1. The van der Waals surface area contributed by atoms with Gasteiger partial charge in [-0.15, -0.1) is 0 Å². The molecular weight excluding hydrogens is 538 g/mol. The maximum atomic E-state index is 13.2. The van der Waals surface area contributed by atoms with Crippen molar-refractivity contribution >= 4 is 11.8 Å². The number of carbonyl (C=O) groups excluding carboxylic acids is 2. The molecule has 1 radical (unpaired) electrons. The minimum absolute atomic E-state index is 0.0132. The second kappa shape index (κ2) is 32.1. The Morgan fingerprint density at radius 3 is 0.818 bits per heavy atom. The zero-order valence-electron chi connectivity index (χ0n) is 30.8. The molecular formula is C41H80NO2. The van der Waals surface area contributed by atoms with Crippen molar-refractivity contribution in [3.8, 4) is 0 Å². The maximum Gasteiger partial charge on any atom is 0.229 e. The van der Waals surface area contributed by atoms with Crippen molar-refractivity contribution in [3.63, 3.8) is 0 Å². The summed E-state index contributed by atoms with van der Waals surface area (Å²) in [5.41, 5.74) is -0.501. The molecule has 0 aliphatic rings. The Balaban J connectivity index is 3.90. The minimum atomic E-state index is -0.501. The molecule has 3 nitrogen and oxygen atoms in total. The molecule has 0 bridgehead atoms. The van der Waals surface area contributed by atoms with Gasteiger partial charge in [0.05, 0.1) is 0 Å². The number of nitrogens with zero attached hydrogens (tertiary/aromatic N) is 1. The van der Waals surface area contributed by atoms with Gasteiger partial charge in [-0.1, -0.05) is 201 Å². The Morgan fingerprint density at radius 1 is 0.409 bits per heavy atom. The van der Waals surface area contributed by atoms with E-state index < -0.39 is 5.54 Å². The lowest BCUT2D eigenvalue weighted by Gasteiger charge is -2.36. The third kappa shape index (κ3) is 26.4. The van der Waals surface area contributed by atoms with Crippen molar-refractivity contribution in [2.45, 2.75) is 245 Å². The van der Waals surface area contributed by atoms with E-state index in [4.69, 9.17) is 0 Å². The molecule has 44 heavy (non-hydrogen) atoms. The summed E-state index contributed by atoms with van der Waals surface area (Å²) in [5.74, 6) is 0.0265. The first-order chi connectivity index (χ1) is 21.4. The molecule has 3 heteroatoms. The normalized spacial score (nSPS) is 11.8. The summed E-state index contributed by atoms with van der Waals surface area (Å²) in [6, 6.07) is 0. The first-order valence-corrected chi connectivity index (χ1v) is 20.1. The van der Waals surface area contributed by atoms with Crippen LogP contribution in [0.3, 0.4) is 0 Å². The molecule has 0 aromatic heterocycles. The summed E-state index contributed by atoms with van der Waals surface area (Å²) < 4.78 is 0. The highest BCUT2D eigenvalue weighted by molar-refractivity contribution is 5.96. The van der Waals surface area contributed by atoms with Crippen LogP contribution in [0.1, 0.15) is 240 Å². The molecule has 0 aromatic rings. The van der Waals surface area contributed by atoms with Crippen LogP contribution in [0.2, 0.25) is 0 Å². The van der Waals surface area contributed by atoms with Crippen molar-refractivity contribution in [2.24, 2.45) is 0 Å². The molecule has 0 aromatic carbocycles. The minimum Gasteiger partial charge on any atom is -0.277 e. The van der Waals surface area contributed by atoms with Crippen LogP contribution in [-0.4, -0.2) is 22.3 Å². The number of hydrogen-bond acceptors (Lipinski definition) is 2. The van der Waals surface area contributed by atoms with Crippen LogP contribution in [0.4, 0.5) is 0 Å². The van der Waals surface area contributed by atoms with E-state index in [0.717, 1.165) is 25.7 Å². The zero-order valence-corrected chi connectivity index (χ0v) is 30.8. The molecule has 261 valence electrons. The summed E-state index contributed by atoms with van der Waals surface area (Å²) >= 11 is 0. The monoisotopic (exact) mass is 619 g/mol. The van der Waals surface area contributed by atoms with Crippen LogP contribution in [0.5, 0.6) is 0 Å². The SMILES string of the molecule is [CH2]CC(C)(C)N(C(=O)CCCCCCCCCCCCCCCCC)C(=O)CCCCCCCCCCCCCCCCC.